The molecule has 1 aliphatic carbocycles. The van der Waals surface area contributed by atoms with E-state index in [4.69, 9.17) is 0 Å². The van der Waals surface area contributed by atoms with Gasteiger partial charge in [0.2, 0.25) is 0 Å². The smallest absolute Gasteiger partial charge is 0.0198 e. The van der Waals surface area contributed by atoms with E-state index in [0.717, 1.165) is 17.3 Å². The fraction of sp³-hybridized carbons (Fsp3) is 1.00. The number of hydrogen-bond donors (Lipinski definition) is 1. The van der Waals surface area contributed by atoms with Crippen LogP contribution in [0.1, 0.15) is 65.2 Å². The Labute approximate surface area is 106 Å². The predicted octanol–water partition coefficient (Wildman–Crippen LogP) is 4.22. The third-order valence-corrected chi connectivity index (χ3v) is 4.91. The minimum atomic E-state index is 0.717. The lowest BCUT2D eigenvalue weighted by Gasteiger charge is -2.24. The summed E-state index contributed by atoms with van der Waals surface area (Å²) in [6.45, 7) is 4.64. The van der Waals surface area contributed by atoms with Gasteiger partial charge < -0.3 is 5.32 Å². The Balaban J connectivity index is 2.10. The molecule has 96 valence electrons. The monoisotopic (exact) mass is 243 g/mol. The molecule has 0 heterocycles. The molecule has 1 N–H and O–H groups in total. The summed E-state index contributed by atoms with van der Waals surface area (Å²) in [6, 6.07) is 1.51. The molecule has 0 aromatic rings. The van der Waals surface area contributed by atoms with Crippen LogP contribution < -0.4 is 5.32 Å². The molecule has 16 heavy (non-hydrogen) atoms. The SMILES string of the molecule is CCCCCCC(C)NC1CCCC1SC. The maximum absolute atomic E-state index is 3.84. The zero-order valence-corrected chi connectivity index (χ0v) is 12.1. The normalized spacial score (nSPS) is 27.2. The standard InChI is InChI=1S/C14H29NS/c1-4-5-6-7-9-12(2)15-13-10-8-11-14(13)16-3/h12-15H,4-11H2,1-3H3. The molecule has 1 aliphatic rings. The van der Waals surface area contributed by atoms with Crippen LogP contribution >= 0.6 is 11.8 Å². The van der Waals surface area contributed by atoms with E-state index in [1.54, 1.807) is 0 Å². The van der Waals surface area contributed by atoms with Crippen LogP contribution in [0, 0.1) is 0 Å². The molecule has 1 rings (SSSR count). The highest BCUT2D eigenvalue weighted by molar-refractivity contribution is 7.99. The summed E-state index contributed by atoms with van der Waals surface area (Å²) in [7, 11) is 0. The van der Waals surface area contributed by atoms with Gasteiger partial charge in [-0.2, -0.15) is 11.8 Å². The highest BCUT2D eigenvalue weighted by Crippen LogP contribution is 2.28. The molecule has 1 fully saturated rings. The van der Waals surface area contributed by atoms with E-state index in [2.05, 4.69) is 37.2 Å². The minimum Gasteiger partial charge on any atom is -0.310 e. The fourth-order valence-corrected chi connectivity index (χ4v) is 3.67. The van der Waals surface area contributed by atoms with Gasteiger partial charge in [-0.25, -0.2) is 0 Å². The Morgan fingerprint density at radius 3 is 2.75 bits per heavy atom. The summed E-state index contributed by atoms with van der Waals surface area (Å²) >= 11 is 2.05. The summed E-state index contributed by atoms with van der Waals surface area (Å²) in [5.41, 5.74) is 0. The molecule has 0 amide bonds. The molecule has 1 saturated carbocycles. The second-order valence-electron chi connectivity index (χ2n) is 5.23. The van der Waals surface area contributed by atoms with Crippen LogP contribution in [0.25, 0.3) is 0 Å². The van der Waals surface area contributed by atoms with Gasteiger partial charge in [0.25, 0.3) is 0 Å². The van der Waals surface area contributed by atoms with Crippen molar-refractivity contribution in [1.82, 2.24) is 5.32 Å². The Hall–Kier alpha value is 0.310. The van der Waals surface area contributed by atoms with Crippen molar-refractivity contribution in [2.24, 2.45) is 0 Å². The molecule has 3 unspecified atom stereocenters. The van der Waals surface area contributed by atoms with Crippen LogP contribution in [0.3, 0.4) is 0 Å². The van der Waals surface area contributed by atoms with Gasteiger partial charge in [0.1, 0.15) is 0 Å². The van der Waals surface area contributed by atoms with Gasteiger partial charge in [-0.05, 0) is 32.4 Å². The first kappa shape index (κ1) is 14.4. The molecule has 1 nitrogen and oxygen atoms in total. The van der Waals surface area contributed by atoms with E-state index in [1.165, 1.54) is 51.4 Å². The molecule has 2 heteroatoms. The Bertz CT molecular complexity index is 172. The summed E-state index contributed by atoms with van der Waals surface area (Å²) < 4.78 is 0. The quantitative estimate of drug-likeness (QED) is 0.641. The van der Waals surface area contributed by atoms with Crippen LogP contribution in [-0.2, 0) is 0 Å². The highest BCUT2D eigenvalue weighted by Gasteiger charge is 2.26. The molecule has 0 aromatic heterocycles. The second kappa shape index (κ2) is 8.41. The van der Waals surface area contributed by atoms with Crippen LogP contribution in [0.5, 0.6) is 0 Å². The highest BCUT2D eigenvalue weighted by atomic mass is 32.2. The molecule has 0 aliphatic heterocycles. The first-order valence-corrected chi connectivity index (χ1v) is 8.35. The van der Waals surface area contributed by atoms with Crippen LogP contribution in [0.2, 0.25) is 0 Å². The van der Waals surface area contributed by atoms with Crippen molar-refractivity contribution < 1.29 is 0 Å². The predicted molar refractivity (Wildman–Crippen MR) is 76.3 cm³/mol. The van der Waals surface area contributed by atoms with Crippen LogP contribution in [-0.4, -0.2) is 23.6 Å². The first-order valence-electron chi connectivity index (χ1n) is 7.06. The van der Waals surface area contributed by atoms with E-state index >= 15 is 0 Å². The number of rotatable bonds is 8. The maximum Gasteiger partial charge on any atom is 0.0198 e. The van der Waals surface area contributed by atoms with Crippen molar-refractivity contribution in [1.29, 1.82) is 0 Å². The Morgan fingerprint density at radius 1 is 1.25 bits per heavy atom. The lowest BCUT2D eigenvalue weighted by Crippen LogP contribution is -2.40. The van der Waals surface area contributed by atoms with Gasteiger partial charge in [0, 0.05) is 17.3 Å². The second-order valence-corrected chi connectivity index (χ2v) is 6.31. The van der Waals surface area contributed by atoms with Gasteiger partial charge in [-0.3, -0.25) is 0 Å². The molecule has 0 bridgehead atoms. The van der Waals surface area contributed by atoms with Gasteiger partial charge >= 0.3 is 0 Å². The maximum atomic E-state index is 3.84. The summed E-state index contributed by atoms with van der Waals surface area (Å²) in [6.07, 6.45) is 13.4. The Kier molecular flexibility index (Phi) is 7.55. The third-order valence-electron chi connectivity index (χ3n) is 3.74. The van der Waals surface area contributed by atoms with Crippen molar-refractivity contribution in [3.8, 4) is 0 Å². The zero-order chi connectivity index (χ0) is 11.8. The average Bonchev–Trinajstić information content (AvgIpc) is 2.71. The summed E-state index contributed by atoms with van der Waals surface area (Å²) in [5, 5.41) is 4.71. The molecule has 0 aromatic carbocycles. The average molecular weight is 243 g/mol. The molecule has 0 radical (unpaired) electrons. The van der Waals surface area contributed by atoms with Crippen molar-refractivity contribution in [2.45, 2.75) is 82.5 Å². The first-order chi connectivity index (χ1) is 7.77. The largest absolute Gasteiger partial charge is 0.310 e. The van der Waals surface area contributed by atoms with E-state index < -0.39 is 0 Å². The lowest BCUT2D eigenvalue weighted by atomic mass is 10.1. The van der Waals surface area contributed by atoms with Crippen molar-refractivity contribution >= 4 is 11.8 Å². The van der Waals surface area contributed by atoms with E-state index in [9.17, 15) is 0 Å². The van der Waals surface area contributed by atoms with E-state index in [-0.39, 0.29) is 0 Å². The lowest BCUT2D eigenvalue weighted by molar-refractivity contribution is 0.422. The molecular formula is C14H29NS. The van der Waals surface area contributed by atoms with Gasteiger partial charge in [-0.1, -0.05) is 39.0 Å². The Morgan fingerprint density at radius 2 is 2.06 bits per heavy atom. The van der Waals surface area contributed by atoms with Gasteiger partial charge in [0.05, 0.1) is 0 Å². The van der Waals surface area contributed by atoms with Gasteiger partial charge in [0.15, 0.2) is 0 Å². The van der Waals surface area contributed by atoms with Crippen LogP contribution in [0.4, 0.5) is 0 Å². The third kappa shape index (κ3) is 5.09. The van der Waals surface area contributed by atoms with Crippen LogP contribution in [0.15, 0.2) is 0 Å². The fourth-order valence-electron chi connectivity index (χ4n) is 2.72. The molecule has 0 spiro atoms. The van der Waals surface area contributed by atoms with Crippen molar-refractivity contribution in [3.63, 3.8) is 0 Å². The molecular weight excluding hydrogens is 214 g/mol. The van der Waals surface area contributed by atoms with E-state index in [1.807, 2.05) is 0 Å². The van der Waals surface area contributed by atoms with E-state index in [0.29, 0.717) is 0 Å². The minimum absolute atomic E-state index is 0.717. The van der Waals surface area contributed by atoms with Crippen molar-refractivity contribution in [2.75, 3.05) is 6.26 Å². The molecule has 0 saturated heterocycles. The number of hydrogen-bond acceptors (Lipinski definition) is 2. The zero-order valence-electron chi connectivity index (χ0n) is 11.3. The molecule has 3 atom stereocenters. The summed E-state index contributed by atoms with van der Waals surface area (Å²) in [5.74, 6) is 0. The van der Waals surface area contributed by atoms with Crippen molar-refractivity contribution in [3.05, 3.63) is 0 Å². The number of nitrogens with one attached hydrogen (secondary N) is 1. The number of thioether (sulfide) groups is 1. The topological polar surface area (TPSA) is 12.0 Å². The van der Waals surface area contributed by atoms with Gasteiger partial charge in [-0.15, -0.1) is 0 Å². The summed E-state index contributed by atoms with van der Waals surface area (Å²) in [4.78, 5) is 0. The number of unbranched alkanes of at least 4 members (excludes halogenated alkanes) is 3.